The van der Waals surface area contributed by atoms with Gasteiger partial charge in [0.1, 0.15) is 5.82 Å². The topological polar surface area (TPSA) is 101 Å². The number of anilines is 1. The number of rotatable bonds is 3. The van der Waals surface area contributed by atoms with Gasteiger partial charge < -0.3 is 15.9 Å². The molecule has 0 saturated heterocycles. The van der Waals surface area contributed by atoms with Gasteiger partial charge in [0.25, 0.3) is 0 Å². The van der Waals surface area contributed by atoms with Crippen molar-refractivity contribution in [3.63, 3.8) is 0 Å². The Morgan fingerprint density at radius 1 is 1.71 bits per heavy atom. The van der Waals surface area contributed by atoms with Gasteiger partial charge in [-0.3, -0.25) is 4.57 Å². The van der Waals surface area contributed by atoms with Crippen molar-refractivity contribution in [3.05, 3.63) is 22.2 Å². The zero-order valence-corrected chi connectivity index (χ0v) is 7.84. The molecule has 1 aromatic rings. The molecule has 1 atom stereocenters. The Morgan fingerprint density at radius 3 is 2.93 bits per heavy atom. The molecule has 0 saturated carbocycles. The number of aliphatic hydroxyl groups excluding tert-OH is 2. The van der Waals surface area contributed by atoms with Crippen LogP contribution in [-0.2, 0) is 6.54 Å². The second-order valence-corrected chi connectivity index (χ2v) is 3.08. The van der Waals surface area contributed by atoms with Gasteiger partial charge in [-0.2, -0.15) is 4.98 Å². The Labute approximate surface area is 80.6 Å². The van der Waals surface area contributed by atoms with Crippen molar-refractivity contribution in [2.45, 2.75) is 19.6 Å². The van der Waals surface area contributed by atoms with Crippen LogP contribution in [0.5, 0.6) is 0 Å². The van der Waals surface area contributed by atoms with E-state index in [1.807, 2.05) is 0 Å². The molecule has 0 amide bonds. The number of nitrogens with zero attached hydrogens (tertiary/aromatic N) is 2. The third kappa shape index (κ3) is 2.30. The summed E-state index contributed by atoms with van der Waals surface area (Å²) in [5.41, 5.74) is 5.55. The molecule has 0 radical (unpaired) electrons. The highest BCUT2D eigenvalue weighted by Gasteiger charge is 2.07. The Kier molecular flexibility index (Phi) is 3.21. The summed E-state index contributed by atoms with van der Waals surface area (Å²) in [6.45, 7) is 1.34. The molecule has 78 valence electrons. The molecule has 4 N–H and O–H groups in total. The largest absolute Gasteiger partial charge is 0.394 e. The van der Waals surface area contributed by atoms with Crippen molar-refractivity contribution in [1.82, 2.24) is 9.55 Å². The van der Waals surface area contributed by atoms with Crippen LogP contribution < -0.4 is 11.4 Å². The average Bonchev–Trinajstić information content (AvgIpc) is 2.14. The van der Waals surface area contributed by atoms with E-state index in [-0.39, 0.29) is 12.4 Å². The van der Waals surface area contributed by atoms with Crippen LogP contribution in [0.15, 0.2) is 11.0 Å². The number of nitrogen functional groups attached to an aromatic ring is 1. The molecular formula is C8H13N3O3. The first-order valence-electron chi connectivity index (χ1n) is 4.17. The molecular weight excluding hydrogens is 186 g/mol. The van der Waals surface area contributed by atoms with Crippen molar-refractivity contribution in [2.75, 3.05) is 12.3 Å². The Bertz CT molecular complexity index is 375. The summed E-state index contributed by atoms with van der Waals surface area (Å²) in [4.78, 5) is 14.8. The molecule has 0 aromatic carbocycles. The number of aliphatic hydroxyl groups is 2. The highest BCUT2D eigenvalue weighted by atomic mass is 16.3. The smallest absolute Gasteiger partial charge is 0.349 e. The summed E-state index contributed by atoms with van der Waals surface area (Å²) in [6, 6.07) is 0. The molecule has 6 nitrogen and oxygen atoms in total. The molecule has 0 aliphatic carbocycles. The summed E-state index contributed by atoms with van der Waals surface area (Å²) in [6.07, 6.45) is 0.543. The van der Waals surface area contributed by atoms with E-state index in [1.54, 1.807) is 6.92 Å². The van der Waals surface area contributed by atoms with E-state index in [4.69, 9.17) is 15.9 Å². The summed E-state index contributed by atoms with van der Waals surface area (Å²) < 4.78 is 1.21. The lowest BCUT2D eigenvalue weighted by Gasteiger charge is -2.10. The fraction of sp³-hybridized carbons (Fsp3) is 0.500. The van der Waals surface area contributed by atoms with Crippen LogP contribution in [-0.4, -0.2) is 32.5 Å². The highest BCUT2D eigenvalue weighted by Crippen LogP contribution is 2.01. The fourth-order valence-corrected chi connectivity index (χ4v) is 1.03. The first-order chi connectivity index (χ1) is 6.54. The van der Waals surface area contributed by atoms with Crippen molar-refractivity contribution in [1.29, 1.82) is 0 Å². The molecule has 6 heteroatoms. The maximum Gasteiger partial charge on any atom is 0.349 e. The minimum Gasteiger partial charge on any atom is -0.394 e. The van der Waals surface area contributed by atoms with E-state index < -0.39 is 18.4 Å². The van der Waals surface area contributed by atoms with Crippen molar-refractivity contribution < 1.29 is 10.2 Å². The Hall–Kier alpha value is -1.40. The standard InChI is InChI=1S/C8H13N3O3/c1-5-2-11(3-6(13)4-12)8(14)10-7(5)9/h2,6,12-13H,3-4H2,1H3,(H2,9,10,14). The molecule has 0 bridgehead atoms. The quantitative estimate of drug-likeness (QED) is 0.549. The van der Waals surface area contributed by atoms with Gasteiger partial charge in [-0.15, -0.1) is 0 Å². The maximum atomic E-state index is 11.2. The van der Waals surface area contributed by atoms with E-state index in [0.717, 1.165) is 0 Å². The molecule has 14 heavy (non-hydrogen) atoms. The van der Waals surface area contributed by atoms with Crippen molar-refractivity contribution in [3.8, 4) is 0 Å². The number of aryl methyl sites for hydroxylation is 1. The second kappa shape index (κ2) is 4.21. The lowest BCUT2D eigenvalue weighted by molar-refractivity contribution is 0.0800. The van der Waals surface area contributed by atoms with Gasteiger partial charge in [0.05, 0.1) is 19.3 Å². The van der Waals surface area contributed by atoms with Gasteiger partial charge in [-0.25, -0.2) is 4.79 Å². The molecule has 0 fully saturated rings. The summed E-state index contributed by atoms with van der Waals surface area (Å²) >= 11 is 0. The highest BCUT2D eigenvalue weighted by molar-refractivity contribution is 5.34. The first kappa shape index (κ1) is 10.7. The molecule has 1 unspecified atom stereocenters. The van der Waals surface area contributed by atoms with Crippen molar-refractivity contribution >= 4 is 5.82 Å². The number of hydrogen-bond acceptors (Lipinski definition) is 5. The predicted molar refractivity (Wildman–Crippen MR) is 50.7 cm³/mol. The van der Waals surface area contributed by atoms with Crippen LogP contribution in [0.1, 0.15) is 5.56 Å². The second-order valence-electron chi connectivity index (χ2n) is 3.08. The zero-order chi connectivity index (χ0) is 10.7. The molecule has 1 heterocycles. The first-order valence-corrected chi connectivity index (χ1v) is 4.17. The van der Waals surface area contributed by atoms with Crippen LogP contribution in [0, 0.1) is 6.92 Å². The van der Waals surface area contributed by atoms with Gasteiger partial charge in [0.15, 0.2) is 0 Å². The fourth-order valence-electron chi connectivity index (χ4n) is 1.03. The summed E-state index contributed by atoms with van der Waals surface area (Å²) in [5.74, 6) is 0.185. The van der Waals surface area contributed by atoms with Crippen LogP contribution in [0.2, 0.25) is 0 Å². The van der Waals surface area contributed by atoms with Gasteiger partial charge in [-0.1, -0.05) is 0 Å². The monoisotopic (exact) mass is 199 g/mol. The van der Waals surface area contributed by atoms with Crippen molar-refractivity contribution in [2.24, 2.45) is 0 Å². The Morgan fingerprint density at radius 2 is 2.36 bits per heavy atom. The van der Waals surface area contributed by atoms with Gasteiger partial charge in [-0.05, 0) is 6.92 Å². The third-order valence-corrected chi connectivity index (χ3v) is 1.83. The SMILES string of the molecule is Cc1cn(CC(O)CO)c(=O)nc1N. The van der Waals surface area contributed by atoms with Crippen LogP contribution >= 0.6 is 0 Å². The molecule has 0 spiro atoms. The van der Waals surface area contributed by atoms with E-state index in [2.05, 4.69) is 4.98 Å². The molecule has 1 aromatic heterocycles. The normalized spacial score (nSPS) is 12.8. The molecule has 1 rings (SSSR count). The predicted octanol–water partition coefficient (Wildman–Crippen LogP) is -1.51. The molecule has 0 aliphatic heterocycles. The van der Waals surface area contributed by atoms with E-state index >= 15 is 0 Å². The minimum atomic E-state index is -0.961. The maximum absolute atomic E-state index is 11.2. The van der Waals surface area contributed by atoms with Crippen LogP contribution in [0.4, 0.5) is 5.82 Å². The minimum absolute atomic E-state index is 0.0173. The lowest BCUT2D eigenvalue weighted by Crippen LogP contribution is -2.30. The average molecular weight is 199 g/mol. The Balaban J connectivity index is 2.98. The van der Waals surface area contributed by atoms with E-state index in [0.29, 0.717) is 5.56 Å². The van der Waals surface area contributed by atoms with E-state index in [9.17, 15) is 4.79 Å². The lowest BCUT2D eigenvalue weighted by atomic mass is 10.3. The van der Waals surface area contributed by atoms with Gasteiger partial charge in [0.2, 0.25) is 0 Å². The summed E-state index contributed by atoms with van der Waals surface area (Å²) in [7, 11) is 0. The number of hydrogen-bond donors (Lipinski definition) is 3. The van der Waals surface area contributed by atoms with Crippen LogP contribution in [0.25, 0.3) is 0 Å². The van der Waals surface area contributed by atoms with Gasteiger partial charge >= 0.3 is 5.69 Å². The van der Waals surface area contributed by atoms with Crippen LogP contribution in [0.3, 0.4) is 0 Å². The summed E-state index contributed by atoms with van der Waals surface area (Å²) in [5, 5.41) is 17.7. The third-order valence-electron chi connectivity index (χ3n) is 1.83. The zero-order valence-electron chi connectivity index (χ0n) is 7.84. The molecule has 0 aliphatic rings. The number of nitrogens with two attached hydrogens (primary N) is 1. The van der Waals surface area contributed by atoms with Gasteiger partial charge in [0, 0.05) is 11.8 Å². The van der Waals surface area contributed by atoms with E-state index in [1.165, 1.54) is 10.8 Å². The number of aromatic nitrogens is 2.